The zero-order valence-corrected chi connectivity index (χ0v) is 29.5. The fourth-order valence-corrected chi connectivity index (χ4v) is 8.68. The Kier molecular flexibility index (Phi) is 8.85. The number of fused-ring (bicyclic) bond motifs is 2. The van der Waals surface area contributed by atoms with Crippen LogP contribution in [0.15, 0.2) is 99.6 Å². The Hall–Kier alpha value is -5.61. The van der Waals surface area contributed by atoms with Gasteiger partial charge in [0.15, 0.2) is 6.61 Å². The van der Waals surface area contributed by atoms with Crippen LogP contribution in [0.4, 0.5) is 5.69 Å². The normalized spacial score (nSPS) is 13.2. The molecule has 1 heterocycles. The number of para-hydroxylation sites is 1. The van der Waals surface area contributed by atoms with Crippen molar-refractivity contribution in [2.45, 2.75) is 27.7 Å². The lowest BCUT2D eigenvalue weighted by Crippen LogP contribution is -2.36. The number of nitrogens with one attached hydrogen (secondary N) is 1. The molecule has 0 atom stereocenters. The summed E-state index contributed by atoms with van der Waals surface area (Å²) < 4.78 is 110. The first-order chi connectivity index (χ1) is 25.0. The van der Waals surface area contributed by atoms with E-state index in [2.05, 4.69) is 17.2 Å². The molecule has 0 unspecified atom stereocenters. The summed E-state index contributed by atoms with van der Waals surface area (Å²) in [6.45, 7) is -0.552. The van der Waals surface area contributed by atoms with E-state index in [-0.39, 0.29) is 63.5 Å². The molecule has 0 saturated carbocycles. The minimum atomic E-state index is -5.09. The van der Waals surface area contributed by atoms with Crippen LogP contribution >= 0.6 is 0 Å². The topological polar surface area (TPSA) is 222 Å². The molecule has 2 amide bonds. The van der Waals surface area contributed by atoms with Gasteiger partial charge in [-0.15, -0.1) is 0 Å². The van der Waals surface area contributed by atoms with Crippen molar-refractivity contribution in [3.05, 3.63) is 102 Å². The molecule has 17 heteroatoms. The first-order valence-corrected chi connectivity index (χ1v) is 19.9. The Morgan fingerprint density at radius 2 is 1.19 bits per heavy atom. The largest absolute Gasteiger partial charge is 0.483 e. The highest BCUT2D eigenvalue weighted by Gasteiger charge is 2.29. The van der Waals surface area contributed by atoms with E-state index >= 15 is 0 Å². The van der Waals surface area contributed by atoms with Gasteiger partial charge in [0, 0.05) is 62.5 Å². The summed E-state index contributed by atoms with van der Waals surface area (Å²) in [5.74, 6) is 4.99. The van der Waals surface area contributed by atoms with Gasteiger partial charge in [-0.05, 0) is 35.9 Å². The second-order valence-corrected chi connectivity index (χ2v) is 16.2. The van der Waals surface area contributed by atoms with Crippen molar-refractivity contribution in [1.82, 2.24) is 5.32 Å². The third kappa shape index (κ3) is 6.75. The van der Waals surface area contributed by atoms with E-state index in [4.69, 9.17) is 4.74 Å². The van der Waals surface area contributed by atoms with Gasteiger partial charge < -0.3 is 15.0 Å². The Morgan fingerprint density at radius 1 is 0.679 bits per heavy atom. The van der Waals surface area contributed by atoms with Crippen molar-refractivity contribution in [1.29, 1.82) is 0 Å². The quantitative estimate of drug-likeness (QED) is 0.0924. The van der Waals surface area contributed by atoms with Gasteiger partial charge >= 0.3 is 0 Å². The van der Waals surface area contributed by atoms with Gasteiger partial charge in [-0.25, -0.2) is 0 Å². The average Bonchev–Trinajstić information content (AvgIpc) is 3.09. The van der Waals surface area contributed by atoms with Gasteiger partial charge in [-0.2, -0.15) is 25.3 Å². The average molecular weight is 775 g/mol. The zero-order valence-electron chi connectivity index (χ0n) is 27.1. The Morgan fingerprint density at radius 3 is 1.81 bits per heavy atom. The second-order valence-electron chi connectivity index (χ2n) is 12.0. The molecular formula is C36H26N2O12S3. The molecule has 14 nitrogen and oxygen atoms in total. The van der Waals surface area contributed by atoms with Gasteiger partial charge in [-0.3, -0.25) is 23.2 Å². The summed E-state index contributed by atoms with van der Waals surface area (Å²) in [4.78, 5) is 25.6. The minimum absolute atomic E-state index is 0.0707. The Bertz CT molecular complexity index is 2880. The molecule has 0 aromatic heterocycles. The number of ether oxygens (including phenoxy) is 1. The fraction of sp³-hybridized carbons (Fsp3) is 0.111. The molecule has 4 N–H and O–H groups in total. The maximum atomic E-state index is 13.5. The number of hydrogen-bond acceptors (Lipinski definition) is 9. The van der Waals surface area contributed by atoms with Crippen molar-refractivity contribution >= 4 is 80.2 Å². The first-order valence-electron chi connectivity index (χ1n) is 15.6. The monoisotopic (exact) mass is 774 g/mol. The molecule has 1 aliphatic heterocycles. The van der Waals surface area contributed by atoms with Crippen molar-refractivity contribution in [2.75, 3.05) is 18.1 Å². The van der Waals surface area contributed by atoms with E-state index in [0.717, 1.165) is 29.3 Å². The smallest absolute Gasteiger partial charge is 0.295 e. The van der Waals surface area contributed by atoms with Crippen LogP contribution in [0.5, 0.6) is 5.75 Å². The minimum Gasteiger partial charge on any atom is -0.483 e. The highest BCUT2D eigenvalue weighted by molar-refractivity contribution is 7.87. The van der Waals surface area contributed by atoms with Gasteiger partial charge in [0.2, 0.25) is 5.91 Å². The third-order valence-corrected chi connectivity index (χ3v) is 11.5. The van der Waals surface area contributed by atoms with E-state index in [1.165, 1.54) is 12.1 Å². The van der Waals surface area contributed by atoms with Crippen LogP contribution in [0.3, 0.4) is 0 Å². The van der Waals surface area contributed by atoms with Gasteiger partial charge in [0.25, 0.3) is 36.3 Å². The fourth-order valence-electron chi connectivity index (χ4n) is 6.47. The molecular weight excluding hydrogens is 749 g/mol. The Labute approximate surface area is 302 Å². The maximum Gasteiger partial charge on any atom is 0.295 e. The summed E-state index contributed by atoms with van der Waals surface area (Å²) in [6.07, 6.45) is -0.104. The van der Waals surface area contributed by atoms with Crippen molar-refractivity contribution in [3.63, 3.8) is 0 Å². The van der Waals surface area contributed by atoms with Crippen LogP contribution < -0.4 is 15.0 Å². The lowest BCUT2D eigenvalue weighted by molar-refractivity contribution is -0.123. The van der Waals surface area contributed by atoms with E-state index in [1.54, 1.807) is 17.0 Å². The number of carbonyl (C=O) groups is 2. The number of anilines is 1. The predicted molar refractivity (Wildman–Crippen MR) is 193 cm³/mol. The number of carbonyl (C=O) groups excluding carboxylic acids is 2. The SMILES string of the molecule is O=C(COc1cc(S(=O)(=O)O)c2ccc3c(S(=O)(=O)O)cc(S(=O)(=O)O)c4ccc1c2c43)NCCC(=O)N1Cc2ccccc2C#Cc2ccccc21. The van der Waals surface area contributed by atoms with Crippen LogP contribution in [0.25, 0.3) is 32.3 Å². The maximum absolute atomic E-state index is 13.5. The highest BCUT2D eigenvalue weighted by atomic mass is 32.2. The van der Waals surface area contributed by atoms with E-state index < -0.39 is 57.6 Å². The van der Waals surface area contributed by atoms with E-state index in [0.29, 0.717) is 17.3 Å². The van der Waals surface area contributed by atoms with Crippen molar-refractivity contribution < 1.29 is 53.2 Å². The number of nitrogens with zero attached hydrogens (tertiary/aromatic N) is 1. The number of hydrogen-bond donors (Lipinski definition) is 4. The predicted octanol–water partition coefficient (Wildman–Crippen LogP) is 4.16. The standard InChI is InChI=1S/C36H26N2O12S3/c39-33(37-16-15-34(40)38-19-23-7-2-1-5-21(23)9-10-22-6-3-4-8-28(22)38)20-50-29-17-30(51(41,42)43)25-13-14-27-32(53(47,48)49)18-31(52(44,45)46)26-12-11-24(29)35(25)36(26)27/h1-8,11-14,17-18H,15-16,19-20H2,(H,37,39)(H,41,42,43)(H,44,45,46)(H,47,48,49). The third-order valence-electron chi connectivity index (χ3n) is 8.77. The van der Waals surface area contributed by atoms with E-state index in [9.17, 15) is 48.5 Å². The summed E-state index contributed by atoms with van der Waals surface area (Å²) in [5.41, 5.74) is 2.91. The molecule has 0 fully saturated rings. The molecule has 0 spiro atoms. The zero-order chi connectivity index (χ0) is 37.9. The summed E-state index contributed by atoms with van der Waals surface area (Å²) in [5, 5.41) is 1.72. The van der Waals surface area contributed by atoms with Gasteiger partial charge in [0.05, 0.1) is 12.2 Å². The highest BCUT2D eigenvalue weighted by Crippen LogP contribution is 2.45. The van der Waals surface area contributed by atoms with Crippen LogP contribution in [0.2, 0.25) is 0 Å². The molecule has 7 rings (SSSR count). The number of amides is 2. The van der Waals surface area contributed by atoms with Crippen molar-refractivity contribution in [2.24, 2.45) is 0 Å². The second kappa shape index (κ2) is 13.1. The molecule has 6 aromatic rings. The Balaban J connectivity index is 1.17. The first kappa shape index (κ1) is 35.8. The van der Waals surface area contributed by atoms with Gasteiger partial charge in [0.1, 0.15) is 20.4 Å². The summed E-state index contributed by atoms with van der Waals surface area (Å²) >= 11 is 0. The molecule has 53 heavy (non-hydrogen) atoms. The van der Waals surface area contributed by atoms with E-state index in [1.807, 2.05) is 36.4 Å². The lowest BCUT2D eigenvalue weighted by Gasteiger charge is -2.26. The van der Waals surface area contributed by atoms with Crippen LogP contribution in [-0.2, 0) is 46.5 Å². The van der Waals surface area contributed by atoms with Crippen LogP contribution in [0, 0.1) is 11.8 Å². The number of rotatable bonds is 9. The summed E-state index contributed by atoms with van der Waals surface area (Å²) in [7, 11) is -15.2. The lowest BCUT2D eigenvalue weighted by atomic mass is 9.93. The summed E-state index contributed by atoms with van der Waals surface area (Å²) in [6, 6.07) is 20.9. The van der Waals surface area contributed by atoms with Crippen LogP contribution in [-0.4, -0.2) is 63.9 Å². The molecule has 0 aliphatic carbocycles. The molecule has 270 valence electrons. The molecule has 0 radical (unpaired) electrons. The molecule has 0 saturated heterocycles. The number of benzene rings is 6. The van der Waals surface area contributed by atoms with Crippen molar-refractivity contribution in [3.8, 4) is 17.6 Å². The van der Waals surface area contributed by atoms with Crippen LogP contribution in [0.1, 0.15) is 23.1 Å². The van der Waals surface area contributed by atoms with Gasteiger partial charge in [-0.1, -0.05) is 60.4 Å². The molecule has 0 bridgehead atoms. The molecule has 1 aliphatic rings. The molecule has 6 aromatic carbocycles.